The van der Waals surface area contributed by atoms with Gasteiger partial charge in [-0.3, -0.25) is 9.59 Å². The second kappa shape index (κ2) is 7.65. The molecular weight excluding hydrogens is 383 g/mol. The van der Waals surface area contributed by atoms with E-state index in [0.29, 0.717) is 27.3 Å². The molecule has 1 unspecified atom stereocenters. The number of nitrogens with zero attached hydrogens (tertiary/aromatic N) is 1. The first-order chi connectivity index (χ1) is 12.0. The highest BCUT2D eigenvalue weighted by molar-refractivity contribution is 6.36. The lowest BCUT2D eigenvalue weighted by Gasteiger charge is -2.18. The molecule has 2 amide bonds. The molecule has 0 spiro atoms. The Morgan fingerprint density at radius 2 is 1.88 bits per heavy atom. The second-order valence-electron chi connectivity index (χ2n) is 5.81. The highest BCUT2D eigenvalue weighted by Gasteiger charge is 2.35. The Hall–Kier alpha value is -1.75. The van der Waals surface area contributed by atoms with Crippen LogP contribution < -0.4 is 10.2 Å². The van der Waals surface area contributed by atoms with E-state index in [4.69, 9.17) is 34.8 Å². The number of hydrogen-bond donors (Lipinski definition) is 1. The van der Waals surface area contributed by atoms with E-state index in [1.54, 1.807) is 24.3 Å². The van der Waals surface area contributed by atoms with E-state index < -0.39 is 5.92 Å². The Morgan fingerprint density at radius 1 is 1.12 bits per heavy atom. The summed E-state index contributed by atoms with van der Waals surface area (Å²) in [6.45, 7) is 0.592. The Bertz CT molecular complexity index is 826. The molecule has 1 fully saturated rings. The van der Waals surface area contributed by atoms with Crippen molar-refractivity contribution in [3.05, 3.63) is 63.1 Å². The zero-order valence-electron chi connectivity index (χ0n) is 13.1. The van der Waals surface area contributed by atoms with E-state index in [9.17, 15) is 9.59 Å². The maximum Gasteiger partial charge on any atom is 0.227 e. The summed E-state index contributed by atoms with van der Waals surface area (Å²) in [4.78, 5) is 26.2. The molecule has 1 atom stereocenters. The van der Waals surface area contributed by atoms with Gasteiger partial charge < -0.3 is 10.2 Å². The summed E-state index contributed by atoms with van der Waals surface area (Å²) in [6.07, 6.45) is 0.136. The van der Waals surface area contributed by atoms with Crippen molar-refractivity contribution in [1.82, 2.24) is 5.32 Å². The molecule has 130 valence electrons. The molecular formula is C18H15Cl3N2O2. The summed E-state index contributed by atoms with van der Waals surface area (Å²) in [5, 5.41) is 4.34. The van der Waals surface area contributed by atoms with Crippen molar-refractivity contribution in [1.29, 1.82) is 0 Å². The average Bonchev–Trinajstić information content (AvgIpc) is 2.98. The molecule has 7 heteroatoms. The fraction of sp³-hybridized carbons (Fsp3) is 0.222. The van der Waals surface area contributed by atoms with Gasteiger partial charge in [0.05, 0.1) is 16.6 Å². The Kier molecular flexibility index (Phi) is 5.52. The molecule has 0 saturated carbocycles. The highest BCUT2D eigenvalue weighted by Crippen LogP contribution is 2.33. The Morgan fingerprint density at radius 3 is 2.64 bits per heavy atom. The minimum absolute atomic E-state index is 0.136. The van der Waals surface area contributed by atoms with Crippen LogP contribution in [0.25, 0.3) is 0 Å². The lowest BCUT2D eigenvalue weighted by Crippen LogP contribution is -2.32. The molecule has 4 nitrogen and oxygen atoms in total. The molecule has 0 radical (unpaired) electrons. The number of rotatable bonds is 4. The van der Waals surface area contributed by atoms with Crippen LogP contribution in [0.2, 0.25) is 15.1 Å². The lowest BCUT2D eigenvalue weighted by molar-refractivity contribution is -0.126. The summed E-state index contributed by atoms with van der Waals surface area (Å²) in [5.41, 5.74) is 1.36. The van der Waals surface area contributed by atoms with Crippen molar-refractivity contribution in [2.45, 2.75) is 13.0 Å². The number of carbonyl (C=O) groups excluding carboxylic acids is 2. The highest BCUT2D eigenvalue weighted by atomic mass is 35.5. The van der Waals surface area contributed by atoms with Crippen molar-refractivity contribution in [3.63, 3.8) is 0 Å². The molecule has 0 bridgehead atoms. The van der Waals surface area contributed by atoms with E-state index in [2.05, 4.69) is 5.32 Å². The quantitative estimate of drug-likeness (QED) is 0.835. The van der Waals surface area contributed by atoms with Gasteiger partial charge in [0.25, 0.3) is 0 Å². The molecule has 1 heterocycles. The van der Waals surface area contributed by atoms with E-state index in [1.807, 2.05) is 18.2 Å². The number of carbonyl (C=O) groups is 2. The normalized spacial score (nSPS) is 17.0. The predicted molar refractivity (Wildman–Crippen MR) is 100 cm³/mol. The number of benzene rings is 2. The number of hydrogen-bond acceptors (Lipinski definition) is 2. The zero-order chi connectivity index (χ0) is 18.0. The van der Waals surface area contributed by atoms with Crippen LogP contribution in [0.15, 0.2) is 42.5 Å². The van der Waals surface area contributed by atoms with E-state index >= 15 is 0 Å². The van der Waals surface area contributed by atoms with Crippen LogP contribution in [0.3, 0.4) is 0 Å². The SMILES string of the molecule is O=C(NCc1ccccc1Cl)C1CC(=O)N(c2cc(Cl)ccc2Cl)C1. The fourth-order valence-electron chi connectivity index (χ4n) is 2.78. The van der Waals surface area contributed by atoms with Crippen molar-refractivity contribution < 1.29 is 9.59 Å². The van der Waals surface area contributed by atoms with Crippen LogP contribution in [0, 0.1) is 5.92 Å². The summed E-state index contributed by atoms with van der Waals surface area (Å²) in [5.74, 6) is -0.777. The molecule has 2 aromatic carbocycles. The summed E-state index contributed by atoms with van der Waals surface area (Å²) >= 11 is 18.2. The molecule has 1 N–H and O–H groups in total. The Labute approximate surface area is 160 Å². The first-order valence-electron chi connectivity index (χ1n) is 7.72. The average molecular weight is 398 g/mol. The maximum atomic E-state index is 12.4. The maximum absolute atomic E-state index is 12.4. The number of nitrogens with one attached hydrogen (secondary N) is 1. The first kappa shape index (κ1) is 18.1. The molecule has 3 rings (SSSR count). The summed E-state index contributed by atoms with van der Waals surface area (Å²) in [7, 11) is 0. The number of amides is 2. The van der Waals surface area contributed by atoms with Gasteiger partial charge in [0.1, 0.15) is 0 Å². The van der Waals surface area contributed by atoms with Gasteiger partial charge in [0.2, 0.25) is 11.8 Å². The van der Waals surface area contributed by atoms with E-state index in [-0.39, 0.29) is 24.8 Å². The molecule has 1 aliphatic rings. The monoisotopic (exact) mass is 396 g/mol. The largest absolute Gasteiger partial charge is 0.352 e. The molecule has 2 aromatic rings. The van der Waals surface area contributed by atoms with Crippen molar-refractivity contribution in [2.24, 2.45) is 5.92 Å². The zero-order valence-corrected chi connectivity index (χ0v) is 15.4. The van der Waals surface area contributed by atoms with Crippen LogP contribution in [-0.4, -0.2) is 18.4 Å². The van der Waals surface area contributed by atoms with Crippen LogP contribution in [0.5, 0.6) is 0 Å². The van der Waals surface area contributed by atoms with Gasteiger partial charge in [-0.15, -0.1) is 0 Å². The fourth-order valence-corrected chi connectivity index (χ4v) is 3.37. The topological polar surface area (TPSA) is 49.4 Å². The van der Waals surface area contributed by atoms with Gasteiger partial charge in [-0.2, -0.15) is 0 Å². The summed E-state index contributed by atoms with van der Waals surface area (Å²) in [6, 6.07) is 12.2. The standard InChI is InChI=1S/C18H15Cl3N2O2/c19-13-5-6-15(21)16(8-13)23-10-12(7-17(23)24)18(25)22-9-11-3-1-2-4-14(11)20/h1-6,8,12H,7,9-10H2,(H,22,25). The van der Waals surface area contributed by atoms with Gasteiger partial charge in [-0.05, 0) is 29.8 Å². The Balaban J connectivity index is 1.67. The molecule has 0 aliphatic carbocycles. The van der Waals surface area contributed by atoms with Gasteiger partial charge in [0.15, 0.2) is 0 Å². The van der Waals surface area contributed by atoms with Gasteiger partial charge in [-0.25, -0.2) is 0 Å². The third kappa shape index (κ3) is 4.09. The van der Waals surface area contributed by atoms with Crippen LogP contribution in [-0.2, 0) is 16.1 Å². The molecule has 1 aliphatic heterocycles. The van der Waals surface area contributed by atoms with Gasteiger partial charge >= 0.3 is 0 Å². The van der Waals surface area contributed by atoms with Crippen molar-refractivity contribution in [2.75, 3.05) is 11.4 Å². The third-order valence-corrected chi connectivity index (χ3v) is 5.03. The van der Waals surface area contributed by atoms with Gasteiger partial charge in [0, 0.05) is 29.6 Å². The van der Waals surface area contributed by atoms with E-state index in [1.165, 1.54) is 4.90 Å². The van der Waals surface area contributed by atoms with Crippen LogP contribution >= 0.6 is 34.8 Å². The first-order valence-corrected chi connectivity index (χ1v) is 8.85. The van der Waals surface area contributed by atoms with E-state index in [0.717, 1.165) is 5.56 Å². The number of halogens is 3. The van der Waals surface area contributed by atoms with Crippen molar-refractivity contribution in [3.8, 4) is 0 Å². The smallest absolute Gasteiger partial charge is 0.227 e. The minimum Gasteiger partial charge on any atom is -0.352 e. The van der Waals surface area contributed by atoms with Crippen LogP contribution in [0.4, 0.5) is 5.69 Å². The molecule has 25 heavy (non-hydrogen) atoms. The van der Waals surface area contributed by atoms with Gasteiger partial charge in [-0.1, -0.05) is 53.0 Å². The number of anilines is 1. The van der Waals surface area contributed by atoms with Crippen LogP contribution in [0.1, 0.15) is 12.0 Å². The second-order valence-corrected chi connectivity index (χ2v) is 7.06. The third-order valence-electron chi connectivity index (χ3n) is 4.11. The summed E-state index contributed by atoms with van der Waals surface area (Å²) < 4.78 is 0. The van der Waals surface area contributed by atoms with Crippen molar-refractivity contribution >= 4 is 52.3 Å². The minimum atomic E-state index is -0.440. The lowest BCUT2D eigenvalue weighted by atomic mass is 10.1. The molecule has 1 saturated heterocycles. The molecule has 0 aromatic heterocycles. The predicted octanol–water partition coefficient (Wildman–Crippen LogP) is 4.32.